The number of carbonyl (C=O) groups excluding carboxylic acids is 1. The van der Waals surface area contributed by atoms with E-state index in [4.69, 9.17) is 23.2 Å². The highest BCUT2D eigenvalue weighted by molar-refractivity contribution is 6.42. The lowest BCUT2D eigenvalue weighted by atomic mass is 10.1. The van der Waals surface area contributed by atoms with Crippen LogP contribution < -0.4 is 5.32 Å². The summed E-state index contributed by atoms with van der Waals surface area (Å²) in [5.41, 5.74) is 2.38. The van der Waals surface area contributed by atoms with E-state index in [0.29, 0.717) is 22.2 Å². The van der Waals surface area contributed by atoms with Crippen molar-refractivity contribution in [3.05, 3.63) is 63.8 Å². The van der Waals surface area contributed by atoms with Crippen LogP contribution in [0.3, 0.4) is 0 Å². The average Bonchev–Trinajstić information content (AvgIpc) is 2.95. The highest BCUT2D eigenvalue weighted by atomic mass is 35.5. The summed E-state index contributed by atoms with van der Waals surface area (Å²) in [7, 11) is 0. The van der Waals surface area contributed by atoms with Gasteiger partial charge in [0.05, 0.1) is 21.8 Å². The molecule has 106 valence electrons. The van der Waals surface area contributed by atoms with Crippen LogP contribution in [0.1, 0.15) is 15.9 Å². The van der Waals surface area contributed by atoms with Gasteiger partial charge < -0.3 is 5.32 Å². The van der Waals surface area contributed by atoms with Crippen LogP contribution in [0.5, 0.6) is 0 Å². The molecule has 21 heavy (non-hydrogen) atoms. The standard InChI is InChI=1S/C15H11Cl2N3O/c16-12-3-1-9(5-13(12)17)7-18-15(21)10-2-4-14-11(6-10)8-19-20-14/h1-6,8H,7H2,(H,18,21)(H,19,20). The number of hydrogen-bond acceptors (Lipinski definition) is 2. The first-order valence-corrected chi connectivity index (χ1v) is 7.04. The smallest absolute Gasteiger partial charge is 0.251 e. The molecule has 0 unspecified atom stereocenters. The van der Waals surface area contributed by atoms with E-state index in [9.17, 15) is 4.79 Å². The monoisotopic (exact) mass is 319 g/mol. The van der Waals surface area contributed by atoms with Crippen molar-refractivity contribution >= 4 is 40.0 Å². The fourth-order valence-electron chi connectivity index (χ4n) is 2.02. The average molecular weight is 320 g/mol. The molecule has 3 rings (SSSR count). The molecule has 4 nitrogen and oxygen atoms in total. The maximum atomic E-state index is 12.1. The molecular formula is C15H11Cl2N3O. The Hall–Kier alpha value is -2.04. The summed E-state index contributed by atoms with van der Waals surface area (Å²) >= 11 is 11.8. The SMILES string of the molecule is O=C(NCc1ccc(Cl)c(Cl)c1)c1ccc2[nH]ncc2c1. The highest BCUT2D eigenvalue weighted by Gasteiger charge is 2.07. The van der Waals surface area contributed by atoms with Crippen LogP contribution in [0, 0.1) is 0 Å². The van der Waals surface area contributed by atoms with Crippen molar-refractivity contribution < 1.29 is 4.79 Å². The van der Waals surface area contributed by atoms with Gasteiger partial charge in [0.1, 0.15) is 0 Å². The summed E-state index contributed by atoms with van der Waals surface area (Å²) in [6.45, 7) is 0.388. The van der Waals surface area contributed by atoms with Gasteiger partial charge in [0.15, 0.2) is 0 Å². The van der Waals surface area contributed by atoms with E-state index >= 15 is 0 Å². The number of rotatable bonds is 3. The number of benzene rings is 2. The number of aromatic nitrogens is 2. The fourth-order valence-corrected chi connectivity index (χ4v) is 2.34. The van der Waals surface area contributed by atoms with Crippen molar-refractivity contribution in [2.75, 3.05) is 0 Å². The number of aromatic amines is 1. The van der Waals surface area contributed by atoms with Crippen LogP contribution >= 0.6 is 23.2 Å². The number of amides is 1. The van der Waals surface area contributed by atoms with E-state index in [1.807, 2.05) is 12.1 Å². The van der Waals surface area contributed by atoms with Crippen molar-refractivity contribution in [3.63, 3.8) is 0 Å². The number of fused-ring (bicyclic) bond motifs is 1. The number of halogens is 2. The van der Waals surface area contributed by atoms with Crippen LogP contribution in [-0.2, 0) is 6.54 Å². The number of H-pyrrole nitrogens is 1. The van der Waals surface area contributed by atoms with Crippen molar-refractivity contribution in [2.45, 2.75) is 6.54 Å². The van der Waals surface area contributed by atoms with Gasteiger partial charge in [0, 0.05) is 17.5 Å². The molecule has 0 spiro atoms. The minimum Gasteiger partial charge on any atom is -0.348 e. The molecule has 2 aromatic carbocycles. The Bertz CT molecular complexity index is 814. The molecule has 6 heteroatoms. The Balaban J connectivity index is 1.72. The summed E-state index contributed by atoms with van der Waals surface area (Å²) in [4.78, 5) is 12.1. The molecule has 3 aromatic rings. The third-order valence-electron chi connectivity index (χ3n) is 3.14. The van der Waals surface area contributed by atoms with E-state index in [0.717, 1.165) is 16.5 Å². The van der Waals surface area contributed by atoms with Gasteiger partial charge in [-0.2, -0.15) is 5.10 Å². The summed E-state index contributed by atoms with van der Waals surface area (Å²) in [5.74, 6) is -0.149. The summed E-state index contributed by atoms with van der Waals surface area (Å²) < 4.78 is 0. The van der Waals surface area contributed by atoms with E-state index in [1.54, 1.807) is 30.5 Å². The summed E-state index contributed by atoms with van der Waals surface area (Å²) in [5, 5.41) is 11.5. The van der Waals surface area contributed by atoms with Crippen LogP contribution in [0.15, 0.2) is 42.6 Å². The van der Waals surface area contributed by atoms with E-state index in [1.165, 1.54) is 0 Å². The molecule has 2 N–H and O–H groups in total. The van der Waals surface area contributed by atoms with E-state index < -0.39 is 0 Å². The third kappa shape index (κ3) is 3.01. The largest absolute Gasteiger partial charge is 0.348 e. The molecule has 0 saturated heterocycles. The van der Waals surface area contributed by atoms with Gasteiger partial charge in [-0.15, -0.1) is 0 Å². The zero-order valence-corrected chi connectivity index (χ0v) is 12.4. The predicted molar refractivity (Wildman–Crippen MR) is 83.7 cm³/mol. The van der Waals surface area contributed by atoms with E-state index in [-0.39, 0.29) is 5.91 Å². The molecule has 0 aliphatic heterocycles. The van der Waals surface area contributed by atoms with Gasteiger partial charge in [-0.3, -0.25) is 9.89 Å². The minimum absolute atomic E-state index is 0.149. The van der Waals surface area contributed by atoms with Crippen LogP contribution in [0.4, 0.5) is 0 Å². The Morgan fingerprint density at radius 3 is 2.81 bits per heavy atom. The number of carbonyl (C=O) groups is 1. The first-order valence-electron chi connectivity index (χ1n) is 6.29. The molecule has 0 atom stereocenters. The molecule has 1 amide bonds. The number of nitrogens with zero attached hydrogens (tertiary/aromatic N) is 1. The maximum absolute atomic E-state index is 12.1. The topological polar surface area (TPSA) is 57.8 Å². The molecule has 1 aromatic heterocycles. The van der Waals surface area contributed by atoms with Crippen molar-refractivity contribution in [2.24, 2.45) is 0 Å². The molecule has 1 heterocycles. The van der Waals surface area contributed by atoms with Gasteiger partial charge >= 0.3 is 0 Å². The minimum atomic E-state index is -0.149. The second-order valence-electron chi connectivity index (χ2n) is 4.60. The Labute approximate surface area is 131 Å². The summed E-state index contributed by atoms with van der Waals surface area (Å²) in [6.07, 6.45) is 1.69. The number of hydrogen-bond donors (Lipinski definition) is 2. The lowest BCUT2D eigenvalue weighted by molar-refractivity contribution is 0.0951. The third-order valence-corrected chi connectivity index (χ3v) is 3.88. The molecule has 0 bridgehead atoms. The van der Waals surface area contributed by atoms with Gasteiger partial charge in [-0.05, 0) is 35.9 Å². The predicted octanol–water partition coefficient (Wildman–Crippen LogP) is 3.80. The second-order valence-corrected chi connectivity index (χ2v) is 5.42. The van der Waals surface area contributed by atoms with Gasteiger partial charge in [-0.1, -0.05) is 29.3 Å². The molecule has 0 aliphatic carbocycles. The summed E-state index contributed by atoms with van der Waals surface area (Å²) in [6, 6.07) is 10.7. The van der Waals surface area contributed by atoms with Gasteiger partial charge in [0.25, 0.3) is 5.91 Å². The zero-order valence-electron chi connectivity index (χ0n) is 10.9. The molecule has 0 saturated carbocycles. The zero-order chi connectivity index (χ0) is 14.8. The Morgan fingerprint density at radius 2 is 2.00 bits per heavy atom. The maximum Gasteiger partial charge on any atom is 0.251 e. The second kappa shape index (κ2) is 5.76. The molecule has 0 aliphatic rings. The van der Waals surface area contributed by atoms with Gasteiger partial charge in [0.2, 0.25) is 0 Å². The molecule has 0 fully saturated rings. The first kappa shape index (κ1) is 13.9. The Morgan fingerprint density at radius 1 is 1.14 bits per heavy atom. The van der Waals surface area contributed by atoms with E-state index in [2.05, 4.69) is 15.5 Å². The van der Waals surface area contributed by atoms with Gasteiger partial charge in [-0.25, -0.2) is 0 Å². The lowest BCUT2D eigenvalue weighted by Gasteiger charge is -2.06. The van der Waals surface area contributed by atoms with Crippen LogP contribution in [0.25, 0.3) is 10.9 Å². The molecule has 0 radical (unpaired) electrons. The fraction of sp³-hybridized carbons (Fsp3) is 0.0667. The van der Waals surface area contributed by atoms with Crippen LogP contribution in [-0.4, -0.2) is 16.1 Å². The highest BCUT2D eigenvalue weighted by Crippen LogP contribution is 2.22. The Kier molecular flexibility index (Phi) is 3.82. The lowest BCUT2D eigenvalue weighted by Crippen LogP contribution is -2.22. The van der Waals surface area contributed by atoms with Crippen molar-refractivity contribution in [3.8, 4) is 0 Å². The van der Waals surface area contributed by atoms with Crippen molar-refractivity contribution in [1.29, 1.82) is 0 Å². The molecular weight excluding hydrogens is 309 g/mol. The number of nitrogens with one attached hydrogen (secondary N) is 2. The van der Waals surface area contributed by atoms with Crippen LogP contribution in [0.2, 0.25) is 10.0 Å². The normalized spacial score (nSPS) is 10.8. The first-order chi connectivity index (χ1) is 10.1. The van der Waals surface area contributed by atoms with Crippen molar-refractivity contribution in [1.82, 2.24) is 15.5 Å². The quantitative estimate of drug-likeness (QED) is 0.771.